The molecule has 0 bridgehead atoms. The zero-order valence-corrected chi connectivity index (χ0v) is 33.2. The quantitative estimate of drug-likeness (QED) is 0.117. The number of nitrogens with one attached hydrogen (secondary N) is 2. The van der Waals surface area contributed by atoms with Crippen LogP contribution in [-0.2, 0) is 45.9 Å². The van der Waals surface area contributed by atoms with Crippen molar-refractivity contribution in [3.05, 3.63) is 132 Å². The number of ether oxygens (including phenoxy) is 2. The van der Waals surface area contributed by atoms with E-state index in [0.29, 0.717) is 31.6 Å². The second kappa shape index (κ2) is 15.2. The molecule has 11 nitrogen and oxygen atoms in total. The molecule has 2 amide bonds. The first-order valence-corrected chi connectivity index (χ1v) is 22.4. The molecule has 0 aliphatic carbocycles. The Hall–Kier alpha value is -5.56. The zero-order valence-electron chi connectivity index (χ0n) is 32.2. The first kappa shape index (κ1) is 37.4. The van der Waals surface area contributed by atoms with Crippen LogP contribution < -0.4 is 20.1 Å². The van der Waals surface area contributed by atoms with Crippen molar-refractivity contribution in [3.63, 3.8) is 0 Å². The SMILES string of the molecule is COc1ccc([Si](C)(C)[C@H]2[C@H](CCn3cc(CCO)nn3)O[C@@]3(C(=O)N(Cc4ccc(NC(=O)Cc5c[nH]c6ccccc56)cc4)c4ccccc43)[C@@H]2C)cc1. The molecule has 1 spiro atoms. The smallest absolute Gasteiger partial charge is 0.264 e. The summed E-state index contributed by atoms with van der Waals surface area (Å²) in [5.41, 5.74) is 5.01. The van der Waals surface area contributed by atoms with Crippen LogP contribution in [0, 0.1) is 5.92 Å². The van der Waals surface area contributed by atoms with E-state index in [1.54, 1.807) is 7.11 Å². The number of amides is 2. The lowest BCUT2D eigenvalue weighted by molar-refractivity contribution is -0.146. The molecule has 0 unspecified atom stereocenters. The van der Waals surface area contributed by atoms with Crippen LogP contribution in [0.3, 0.4) is 0 Å². The van der Waals surface area contributed by atoms with Crippen molar-refractivity contribution in [1.29, 1.82) is 0 Å². The molecule has 4 heterocycles. The predicted molar refractivity (Wildman–Crippen MR) is 220 cm³/mol. The van der Waals surface area contributed by atoms with Crippen LogP contribution in [0.5, 0.6) is 5.75 Å². The van der Waals surface area contributed by atoms with Gasteiger partial charge in [0.15, 0.2) is 5.60 Å². The van der Waals surface area contributed by atoms with Crippen molar-refractivity contribution in [2.45, 2.75) is 69.6 Å². The highest BCUT2D eigenvalue weighted by Gasteiger charge is 2.66. The molecular weight excluding hydrogens is 721 g/mol. The van der Waals surface area contributed by atoms with Crippen LogP contribution >= 0.6 is 0 Å². The molecule has 288 valence electrons. The minimum Gasteiger partial charge on any atom is -0.497 e. The molecule has 0 radical (unpaired) electrons. The molecule has 0 saturated carbocycles. The van der Waals surface area contributed by atoms with Crippen LogP contribution in [-0.4, -0.2) is 64.8 Å². The lowest BCUT2D eigenvalue weighted by Crippen LogP contribution is -2.51. The Morgan fingerprint density at radius 3 is 2.54 bits per heavy atom. The molecule has 2 aliphatic rings. The standard InChI is InChI=1S/C44H48N6O5Si/c1-29-42(56(3,4)35-19-17-34(54-2)18-20-35)40(21-23-49-28-33(22-24-51)47-48-49)55-44(29)37-10-6-8-12-39(37)50(43(44)53)27-30-13-15-32(16-14-30)46-41(52)25-31-26-45-38-11-7-5-9-36(31)38/h5-20,26,28-29,40,42,45,51H,21-25,27H2,1-4H3,(H,46,52)/t29-,40+,42-,44+/m1/s1. The number of anilines is 2. The average Bonchev–Trinajstić information content (AvgIpc) is 3.96. The largest absolute Gasteiger partial charge is 0.497 e. The van der Waals surface area contributed by atoms with Gasteiger partial charge in [-0.2, -0.15) is 0 Å². The van der Waals surface area contributed by atoms with Crippen molar-refractivity contribution in [3.8, 4) is 5.75 Å². The number of fused-ring (bicyclic) bond motifs is 3. The number of aromatic amines is 1. The van der Waals surface area contributed by atoms with Crippen molar-refractivity contribution in [2.24, 2.45) is 5.92 Å². The van der Waals surface area contributed by atoms with Gasteiger partial charge in [0, 0.05) is 60.0 Å². The molecule has 6 aromatic rings. The van der Waals surface area contributed by atoms with Crippen LogP contribution in [0.1, 0.15) is 35.7 Å². The second-order valence-electron chi connectivity index (χ2n) is 15.6. The number of benzene rings is 4. The van der Waals surface area contributed by atoms with Gasteiger partial charge >= 0.3 is 0 Å². The second-order valence-corrected chi connectivity index (χ2v) is 20.3. The van der Waals surface area contributed by atoms with E-state index < -0.39 is 13.7 Å². The molecule has 56 heavy (non-hydrogen) atoms. The van der Waals surface area contributed by atoms with Gasteiger partial charge in [-0.05, 0) is 59.5 Å². The lowest BCUT2D eigenvalue weighted by Gasteiger charge is -2.37. The number of nitrogens with zero attached hydrogens (tertiary/aromatic N) is 4. The topological polar surface area (TPSA) is 135 Å². The van der Waals surface area contributed by atoms with Crippen LogP contribution in [0.25, 0.3) is 10.9 Å². The number of methoxy groups -OCH3 is 1. The van der Waals surface area contributed by atoms with E-state index in [1.165, 1.54) is 5.19 Å². The fourth-order valence-electron chi connectivity index (χ4n) is 9.16. The van der Waals surface area contributed by atoms with E-state index in [4.69, 9.17) is 9.47 Å². The molecule has 1 saturated heterocycles. The van der Waals surface area contributed by atoms with E-state index in [1.807, 2.05) is 101 Å². The molecule has 2 aliphatic heterocycles. The molecule has 12 heteroatoms. The molecule has 1 fully saturated rings. The first-order valence-electron chi connectivity index (χ1n) is 19.3. The Morgan fingerprint density at radius 1 is 1.02 bits per heavy atom. The maximum atomic E-state index is 15.1. The highest BCUT2D eigenvalue weighted by molar-refractivity contribution is 6.91. The number of carbonyl (C=O) groups is 2. The summed E-state index contributed by atoms with van der Waals surface area (Å²) in [6, 6.07) is 32.1. The van der Waals surface area contributed by atoms with E-state index in [0.717, 1.165) is 44.7 Å². The Labute approximate surface area is 327 Å². The van der Waals surface area contributed by atoms with E-state index >= 15 is 4.79 Å². The normalized spacial score (nSPS) is 20.6. The highest BCUT2D eigenvalue weighted by Crippen LogP contribution is 2.60. The summed E-state index contributed by atoms with van der Waals surface area (Å²) in [7, 11) is -0.639. The fraction of sp³-hybridized carbons (Fsp3) is 0.318. The van der Waals surface area contributed by atoms with Crippen LogP contribution in [0.15, 0.2) is 109 Å². The number of rotatable bonds is 13. The summed E-state index contributed by atoms with van der Waals surface area (Å²) >= 11 is 0. The minimum absolute atomic E-state index is 0.0133. The summed E-state index contributed by atoms with van der Waals surface area (Å²) in [6.07, 6.45) is 4.89. The van der Waals surface area contributed by atoms with Gasteiger partial charge in [0.05, 0.1) is 45.6 Å². The van der Waals surface area contributed by atoms with Crippen molar-refractivity contribution in [1.82, 2.24) is 20.0 Å². The molecular formula is C44H48N6O5Si. The molecule has 3 N–H and O–H groups in total. The zero-order chi connectivity index (χ0) is 39.0. The molecule has 4 aromatic carbocycles. The van der Waals surface area contributed by atoms with Gasteiger partial charge < -0.3 is 29.8 Å². The van der Waals surface area contributed by atoms with E-state index in [9.17, 15) is 9.90 Å². The van der Waals surface area contributed by atoms with Gasteiger partial charge in [0.25, 0.3) is 5.91 Å². The predicted octanol–water partition coefficient (Wildman–Crippen LogP) is 6.34. The first-order chi connectivity index (χ1) is 27.1. The number of aromatic nitrogens is 4. The monoisotopic (exact) mass is 768 g/mol. The lowest BCUT2D eigenvalue weighted by atomic mass is 9.82. The summed E-state index contributed by atoms with van der Waals surface area (Å²) in [4.78, 5) is 33.3. The number of aliphatic hydroxyl groups is 1. The summed E-state index contributed by atoms with van der Waals surface area (Å²) < 4.78 is 14.6. The molecule has 8 rings (SSSR count). The summed E-state index contributed by atoms with van der Waals surface area (Å²) in [5, 5.41) is 23.3. The third-order valence-electron chi connectivity index (χ3n) is 11.9. The molecule has 4 atom stereocenters. The number of hydrogen-bond acceptors (Lipinski definition) is 7. The third kappa shape index (κ3) is 6.71. The summed E-state index contributed by atoms with van der Waals surface area (Å²) in [6.45, 7) is 7.90. The third-order valence-corrected chi connectivity index (χ3v) is 16.3. The Bertz CT molecular complexity index is 2360. The number of carbonyl (C=O) groups excluding carboxylic acids is 2. The van der Waals surface area contributed by atoms with Crippen LogP contribution in [0.4, 0.5) is 11.4 Å². The average molecular weight is 769 g/mol. The Kier molecular flexibility index (Phi) is 10.1. The number of hydrogen-bond donors (Lipinski definition) is 3. The van der Waals surface area contributed by atoms with Crippen molar-refractivity contribution >= 4 is 47.4 Å². The number of para-hydroxylation sites is 2. The van der Waals surface area contributed by atoms with E-state index in [-0.39, 0.29) is 42.4 Å². The maximum absolute atomic E-state index is 15.1. The molecule has 2 aromatic heterocycles. The van der Waals surface area contributed by atoms with Gasteiger partial charge in [-0.1, -0.05) is 91.1 Å². The van der Waals surface area contributed by atoms with Crippen LogP contribution in [0.2, 0.25) is 18.6 Å². The van der Waals surface area contributed by atoms with Gasteiger partial charge in [-0.15, -0.1) is 5.10 Å². The van der Waals surface area contributed by atoms with Gasteiger partial charge in [-0.3, -0.25) is 14.3 Å². The number of aryl methyl sites for hydroxylation is 1. The van der Waals surface area contributed by atoms with Gasteiger partial charge in [0.1, 0.15) is 5.75 Å². The Morgan fingerprint density at radius 2 is 1.77 bits per heavy atom. The number of aliphatic hydroxyl groups excluding tert-OH is 1. The number of H-pyrrole nitrogens is 1. The van der Waals surface area contributed by atoms with Crippen molar-refractivity contribution in [2.75, 3.05) is 23.9 Å². The van der Waals surface area contributed by atoms with Crippen molar-refractivity contribution < 1.29 is 24.2 Å². The van der Waals surface area contributed by atoms with Gasteiger partial charge in [0.2, 0.25) is 5.91 Å². The van der Waals surface area contributed by atoms with Gasteiger partial charge in [-0.25, -0.2) is 0 Å². The fourth-order valence-corrected chi connectivity index (χ4v) is 13.2. The Balaban J connectivity index is 1.05. The highest BCUT2D eigenvalue weighted by atomic mass is 28.3. The minimum atomic E-state index is -2.31. The van der Waals surface area contributed by atoms with E-state index in [2.05, 4.69) is 58.8 Å². The summed E-state index contributed by atoms with van der Waals surface area (Å²) in [5.74, 6) is 0.523. The maximum Gasteiger partial charge on any atom is 0.264 e.